The molecule has 1 N–H and O–H groups in total. The molecule has 1 aliphatic rings. The van der Waals surface area contributed by atoms with Gasteiger partial charge in [0.2, 0.25) is 5.91 Å². The molecule has 1 aliphatic heterocycles. The number of nitrogens with one attached hydrogen (secondary N) is 1. The number of esters is 1. The average Bonchev–Trinajstić information content (AvgIpc) is 2.66. The summed E-state index contributed by atoms with van der Waals surface area (Å²) in [4.78, 5) is 26.4. The maximum absolute atomic E-state index is 12.4. The molecule has 1 heterocycles. The highest BCUT2D eigenvalue weighted by molar-refractivity contribution is 6.30. The summed E-state index contributed by atoms with van der Waals surface area (Å²) in [5.41, 5.74) is 3.23. The van der Waals surface area contributed by atoms with Gasteiger partial charge in [-0.1, -0.05) is 48.0 Å². The Labute approximate surface area is 157 Å². The second-order valence-corrected chi connectivity index (χ2v) is 6.76. The van der Waals surface area contributed by atoms with Crippen molar-refractivity contribution in [3.05, 3.63) is 70.2 Å². The lowest BCUT2D eigenvalue weighted by Gasteiger charge is -2.34. The molecule has 1 atom stereocenters. The van der Waals surface area contributed by atoms with E-state index in [1.807, 2.05) is 41.3 Å². The van der Waals surface area contributed by atoms with Gasteiger partial charge in [-0.3, -0.25) is 14.5 Å². The number of fused-ring (bicyclic) bond motifs is 1. The zero-order valence-corrected chi connectivity index (χ0v) is 15.3. The number of halogens is 1. The average molecular weight is 373 g/mol. The molecular formula is C20H21ClN2O3. The zero-order chi connectivity index (χ0) is 18.5. The van der Waals surface area contributed by atoms with E-state index in [0.29, 0.717) is 24.5 Å². The number of rotatable bonds is 5. The molecule has 0 saturated carbocycles. The normalized spacial score (nSPS) is 16.6. The number of ether oxygens (including phenoxy) is 1. The molecule has 26 heavy (non-hydrogen) atoms. The quantitative estimate of drug-likeness (QED) is 0.819. The van der Waals surface area contributed by atoms with Gasteiger partial charge in [0.05, 0.1) is 13.7 Å². The largest absolute Gasteiger partial charge is 0.468 e. The Kier molecular flexibility index (Phi) is 5.91. The maximum Gasteiger partial charge on any atom is 0.323 e. The third kappa shape index (κ3) is 4.42. The van der Waals surface area contributed by atoms with Crippen LogP contribution in [-0.2, 0) is 33.8 Å². The Bertz CT molecular complexity index is 792. The maximum atomic E-state index is 12.4. The van der Waals surface area contributed by atoms with Crippen molar-refractivity contribution < 1.29 is 14.3 Å². The standard InChI is InChI=1S/C20H21ClN2O3/c1-26-20(25)18-10-15-4-2-3-5-16(15)12-23(18)13-19(24)22-11-14-6-8-17(21)9-7-14/h2-9,18H,10-13H2,1H3,(H,22,24)/t18-/m0/s1. The van der Waals surface area contributed by atoms with Crippen molar-refractivity contribution in [2.45, 2.75) is 25.6 Å². The van der Waals surface area contributed by atoms with Gasteiger partial charge in [-0.05, 0) is 35.2 Å². The van der Waals surface area contributed by atoms with Crippen LogP contribution in [-0.4, -0.2) is 36.5 Å². The Morgan fingerprint density at radius 3 is 2.54 bits per heavy atom. The van der Waals surface area contributed by atoms with Crippen LogP contribution in [0, 0.1) is 0 Å². The van der Waals surface area contributed by atoms with Gasteiger partial charge in [0.25, 0.3) is 0 Å². The molecule has 0 fully saturated rings. The smallest absolute Gasteiger partial charge is 0.323 e. The van der Waals surface area contributed by atoms with Crippen LogP contribution >= 0.6 is 11.6 Å². The van der Waals surface area contributed by atoms with Crippen LogP contribution in [0.4, 0.5) is 0 Å². The molecule has 0 saturated heterocycles. The molecule has 0 aliphatic carbocycles. The minimum absolute atomic E-state index is 0.131. The second-order valence-electron chi connectivity index (χ2n) is 6.32. The van der Waals surface area contributed by atoms with Gasteiger partial charge in [0, 0.05) is 18.1 Å². The summed E-state index contributed by atoms with van der Waals surface area (Å²) >= 11 is 5.87. The monoisotopic (exact) mass is 372 g/mol. The van der Waals surface area contributed by atoms with E-state index in [-0.39, 0.29) is 18.4 Å². The Morgan fingerprint density at radius 2 is 1.85 bits per heavy atom. The van der Waals surface area contributed by atoms with Crippen molar-refractivity contribution >= 4 is 23.5 Å². The van der Waals surface area contributed by atoms with Crippen LogP contribution in [0.3, 0.4) is 0 Å². The first-order valence-electron chi connectivity index (χ1n) is 8.46. The number of nitrogens with zero attached hydrogens (tertiary/aromatic N) is 1. The van der Waals surface area contributed by atoms with E-state index in [1.54, 1.807) is 12.1 Å². The molecular weight excluding hydrogens is 352 g/mol. The molecule has 3 rings (SSSR count). The lowest BCUT2D eigenvalue weighted by atomic mass is 9.94. The van der Waals surface area contributed by atoms with E-state index in [1.165, 1.54) is 7.11 Å². The fourth-order valence-electron chi connectivity index (χ4n) is 3.16. The van der Waals surface area contributed by atoms with Crippen molar-refractivity contribution in [3.8, 4) is 0 Å². The minimum atomic E-state index is -0.448. The number of amides is 1. The number of carbonyl (C=O) groups excluding carboxylic acids is 2. The van der Waals surface area contributed by atoms with Crippen LogP contribution in [0.15, 0.2) is 48.5 Å². The van der Waals surface area contributed by atoms with E-state index in [2.05, 4.69) is 5.32 Å². The van der Waals surface area contributed by atoms with Gasteiger partial charge in [-0.2, -0.15) is 0 Å². The van der Waals surface area contributed by atoms with Gasteiger partial charge in [-0.25, -0.2) is 0 Å². The molecule has 0 unspecified atom stereocenters. The summed E-state index contributed by atoms with van der Waals surface area (Å²) in [6, 6.07) is 14.8. The molecule has 136 valence electrons. The van der Waals surface area contributed by atoms with Crippen molar-refractivity contribution in [3.63, 3.8) is 0 Å². The molecule has 2 aromatic rings. The third-order valence-electron chi connectivity index (χ3n) is 4.57. The SMILES string of the molecule is COC(=O)[C@@H]1Cc2ccccc2CN1CC(=O)NCc1ccc(Cl)cc1. The number of benzene rings is 2. The molecule has 0 aromatic heterocycles. The van der Waals surface area contributed by atoms with Crippen LogP contribution in [0.2, 0.25) is 5.02 Å². The number of hydrogen-bond acceptors (Lipinski definition) is 4. The van der Waals surface area contributed by atoms with Crippen LogP contribution in [0.25, 0.3) is 0 Å². The summed E-state index contributed by atoms with van der Waals surface area (Å²) in [5.74, 6) is -0.446. The molecule has 0 bridgehead atoms. The molecule has 2 aromatic carbocycles. The number of hydrogen-bond donors (Lipinski definition) is 1. The number of carbonyl (C=O) groups is 2. The van der Waals surface area contributed by atoms with Crippen molar-refractivity contribution in [1.82, 2.24) is 10.2 Å². The third-order valence-corrected chi connectivity index (χ3v) is 4.82. The van der Waals surface area contributed by atoms with E-state index >= 15 is 0 Å². The van der Waals surface area contributed by atoms with Gasteiger partial charge in [0.1, 0.15) is 6.04 Å². The molecule has 6 heteroatoms. The second kappa shape index (κ2) is 8.34. The highest BCUT2D eigenvalue weighted by Gasteiger charge is 2.33. The summed E-state index contributed by atoms with van der Waals surface area (Å²) in [7, 11) is 1.38. The first kappa shape index (κ1) is 18.4. The van der Waals surface area contributed by atoms with Gasteiger partial charge in [0.15, 0.2) is 0 Å². The summed E-state index contributed by atoms with van der Waals surface area (Å²) in [6.07, 6.45) is 0.549. The first-order valence-corrected chi connectivity index (χ1v) is 8.84. The van der Waals surface area contributed by atoms with Crippen molar-refractivity contribution in [2.24, 2.45) is 0 Å². The fraction of sp³-hybridized carbons (Fsp3) is 0.300. The van der Waals surface area contributed by atoms with Crippen LogP contribution in [0.5, 0.6) is 0 Å². The highest BCUT2D eigenvalue weighted by atomic mass is 35.5. The lowest BCUT2D eigenvalue weighted by Crippen LogP contribution is -2.49. The Hall–Kier alpha value is -2.37. The van der Waals surface area contributed by atoms with Gasteiger partial charge >= 0.3 is 5.97 Å². The molecule has 1 amide bonds. The van der Waals surface area contributed by atoms with Gasteiger partial charge < -0.3 is 10.1 Å². The lowest BCUT2D eigenvalue weighted by molar-refractivity contribution is -0.148. The van der Waals surface area contributed by atoms with Crippen LogP contribution in [0.1, 0.15) is 16.7 Å². The summed E-state index contributed by atoms with van der Waals surface area (Å²) in [5, 5.41) is 3.55. The van der Waals surface area contributed by atoms with Crippen molar-refractivity contribution in [2.75, 3.05) is 13.7 Å². The predicted octanol–water partition coefficient (Wildman–Crippen LogP) is 2.56. The first-order chi connectivity index (χ1) is 12.6. The Morgan fingerprint density at radius 1 is 1.15 bits per heavy atom. The fourth-order valence-corrected chi connectivity index (χ4v) is 3.28. The molecule has 5 nitrogen and oxygen atoms in total. The molecule has 0 radical (unpaired) electrons. The van der Waals surface area contributed by atoms with E-state index in [9.17, 15) is 9.59 Å². The van der Waals surface area contributed by atoms with E-state index in [0.717, 1.165) is 16.7 Å². The predicted molar refractivity (Wildman–Crippen MR) is 99.7 cm³/mol. The number of methoxy groups -OCH3 is 1. The topological polar surface area (TPSA) is 58.6 Å². The van der Waals surface area contributed by atoms with Crippen molar-refractivity contribution in [1.29, 1.82) is 0 Å². The van der Waals surface area contributed by atoms with Gasteiger partial charge in [-0.15, -0.1) is 0 Å². The Balaban J connectivity index is 1.64. The summed E-state index contributed by atoms with van der Waals surface area (Å²) < 4.78 is 4.93. The molecule has 0 spiro atoms. The van der Waals surface area contributed by atoms with Crippen LogP contribution < -0.4 is 5.32 Å². The van der Waals surface area contributed by atoms with E-state index < -0.39 is 6.04 Å². The zero-order valence-electron chi connectivity index (χ0n) is 14.6. The minimum Gasteiger partial charge on any atom is -0.468 e. The van der Waals surface area contributed by atoms with E-state index in [4.69, 9.17) is 16.3 Å². The highest BCUT2D eigenvalue weighted by Crippen LogP contribution is 2.23. The summed E-state index contributed by atoms with van der Waals surface area (Å²) in [6.45, 7) is 1.11.